The van der Waals surface area contributed by atoms with E-state index < -0.39 is 0 Å². The largest absolute Gasteiger partial charge is 0.253 e. The number of hydrogen-bond donors (Lipinski definition) is 0. The zero-order chi connectivity index (χ0) is 9.97. The predicted molar refractivity (Wildman–Crippen MR) is 55.0 cm³/mol. The van der Waals surface area contributed by atoms with Crippen LogP contribution in [-0.4, -0.2) is 15.0 Å². The minimum atomic E-state index is 0.592. The first-order chi connectivity index (χ1) is 6.77. The van der Waals surface area contributed by atoms with Gasteiger partial charge in [-0.3, -0.25) is 4.98 Å². The Labute approximate surface area is 86.8 Å². The first-order valence-corrected chi connectivity index (χ1v) is 4.55. The Bertz CT molecular complexity index is 442. The maximum atomic E-state index is 5.97. The average Bonchev–Trinajstić information content (AvgIpc) is 2.23. The maximum Gasteiger partial charge on any atom is 0.178 e. The molecule has 0 N–H and O–H groups in total. The quantitative estimate of drug-likeness (QED) is 0.718. The molecule has 0 aliphatic heterocycles. The van der Waals surface area contributed by atoms with Crippen LogP contribution in [0.4, 0.5) is 0 Å². The Kier molecular flexibility index (Phi) is 2.41. The van der Waals surface area contributed by atoms with Crippen LogP contribution in [0.2, 0.25) is 5.02 Å². The summed E-state index contributed by atoms with van der Waals surface area (Å²) in [6, 6.07) is 3.53. The van der Waals surface area contributed by atoms with Crippen LogP contribution in [-0.2, 0) is 0 Å². The Balaban J connectivity index is 2.48. The highest BCUT2D eigenvalue weighted by molar-refractivity contribution is 6.31. The van der Waals surface area contributed by atoms with Gasteiger partial charge in [-0.15, -0.1) is 0 Å². The summed E-state index contributed by atoms with van der Waals surface area (Å²) < 4.78 is 0. The van der Waals surface area contributed by atoms with Crippen molar-refractivity contribution in [2.45, 2.75) is 6.92 Å². The second-order valence-corrected chi connectivity index (χ2v) is 3.30. The van der Waals surface area contributed by atoms with Crippen molar-refractivity contribution in [2.75, 3.05) is 0 Å². The molecule has 3 nitrogen and oxygen atoms in total. The maximum absolute atomic E-state index is 5.97. The van der Waals surface area contributed by atoms with Crippen molar-refractivity contribution in [1.29, 1.82) is 0 Å². The molecule has 2 rings (SSSR count). The van der Waals surface area contributed by atoms with Gasteiger partial charge in [0.25, 0.3) is 0 Å². The van der Waals surface area contributed by atoms with Gasteiger partial charge in [-0.2, -0.15) is 0 Å². The van der Waals surface area contributed by atoms with Crippen molar-refractivity contribution in [2.24, 2.45) is 0 Å². The minimum absolute atomic E-state index is 0.592. The predicted octanol–water partition coefficient (Wildman–Crippen LogP) is 2.50. The van der Waals surface area contributed by atoms with E-state index in [0.29, 0.717) is 16.5 Å². The molecule has 0 spiro atoms. The second-order valence-electron chi connectivity index (χ2n) is 2.89. The molecule has 2 aromatic heterocycles. The molecule has 0 atom stereocenters. The first kappa shape index (κ1) is 9.09. The summed E-state index contributed by atoms with van der Waals surface area (Å²) in [5.74, 6) is 0.592. The van der Waals surface area contributed by atoms with Gasteiger partial charge in [-0.25, -0.2) is 9.97 Å². The number of aryl methyl sites for hydroxylation is 1. The molecule has 4 heteroatoms. The zero-order valence-electron chi connectivity index (χ0n) is 7.61. The lowest BCUT2D eigenvalue weighted by Crippen LogP contribution is -1.90. The van der Waals surface area contributed by atoms with E-state index >= 15 is 0 Å². The fourth-order valence-electron chi connectivity index (χ4n) is 1.05. The van der Waals surface area contributed by atoms with E-state index in [1.165, 1.54) is 0 Å². The van der Waals surface area contributed by atoms with E-state index in [1.807, 2.05) is 6.92 Å². The van der Waals surface area contributed by atoms with Crippen LogP contribution in [0.3, 0.4) is 0 Å². The summed E-state index contributed by atoms with van der Waals surface area (Å²) in [5.41, 5.74) is 1.65. The molecule has 70 valence electrons. The lowest BCUT2D eigenvalue weighted by molar-refractivity contribution is 1.13. The molecule has 0 aromatic carbocycles. The minimum Gasteiger partial charge on any atom is -0.253 e. The fraction of sp³-hybridized carbons (Fsp3) is 0.100. The van der Waals surface area contributed by atoms with E-state index in [1.54, 1.807) is 30.7 Å². The second kappa shape index (κ2) is 3.72. The number of halogens is 1. The van der Waals surface area contributed by atoms with Gasteiger partial charge in [0.05, 0.1) is 0 Å². The van der Waals surface area contributed by atoms with Gasteiger partial charge >= 0.3 is 0 Å². The van der Waals surface area contributed by atoms with Crippen molar-refractivity contribution in [3.63, 3.8) is 0 Å². The number of aromatic nitrogens is 3. The highest BCUT2D eigenvalue weighted by Crippen LogP contribution is 2.19. The summed E-state index contributed by atoms with van der Waals surface area (Å²) in [6.45, 7) is 1.91. The van der Waals surface area contributed by atoms with Crippen molar-refractivity contribution in [3.8, 4) is 11.5 Å². The van der Waals surface area contributed by atoms with Gasteiger partial charge in [0.1, 0.15) is 5.69 Å². The number of pyridine rings is 1. The van der Waals surface area contributed by atoms with E-state index in [2.05, 4.69) is 15.0 Å². The monoisotopic (exact) mass is 205 g/mol. The molecular formula is C10H8ClN3. The van der Waals surface area contributed by atoms with Crippen LogP contribution < -0.4 is 0 Å². The topological polar surface area (TPSA) is 38.7 Å². The molecule has 0 unspecified atom stereocenters. The Morgan fingerprint density at radius 1 is 1.14 bits per heavy atom. The van der Waals surface area contributed by atoms with Crippen molar-refractivity contribution in [3.05, 3.63) is 41.3 Å². The first-order valence-electron chi connectivity index (χ1n) is 4.17. The molecule has 0 aliphatic carbocycles. The summed E-state index contributed by atoms with van der Waals surface area (Å²) in [5, 5.41) is 0.683. The third-order valence-electron chi connectivity index (χ3n) is 1.83. The molecule has 0 fully saturated rings. The fourth-order valence-corrected chi connectivity index (χ4v) is 1.20. The van der Waals surface area contributed by atoms with Gasteiger partial charge in [-0.1, -0.05) is 11.6 Å². The molecule has 0 amide bonds. The van der Waals surface area contributed by atoms with Gasteiger partial charge in [0.2, 0.25) is 0 Å². The van der Waals surface area contributed by atoms with Gasteiger partial charge < -0.3 is 0 Å². The van der Waals surface area contributed by atoms with Crippen molar-refractivity contribution in [1.82, 2.24) is 15.0 Å². The number of rotatable bonds is 1. The van der Waals surface area contributed by atoms with Crippen LogP contribution >= 0.6 is 11.6 Å². The summed E-state index contributed by atoms with van der Waals surface area (Å²) in [7, 11) is 0. The van der Waals surface area contributed by atoms with Gasteiger partial charge in [0.15, 0.2) is 5.82 Å². The van der Waals surface area contributed by atoms with Gasteiger partial charge in [0, 0.05) is 23.6 Å². The third kappa shape index (κ3) is 1.72. The average molecular weight is 206 g/mol. The van der Waals surface area contributed by atoms with Crippen LogP contribution in [0.25, 0.3) is 11.5 Å². The van der Waals surface area contributed by atoms with Crippen molar-refractivity contribution < 1.29 is 0 Å². The van der Waals surface area contributed by atoms with E-state index in [9.17, 15) is 0 Å². The Morgan fingerprint density at radius 3 is 2.50 bits per heavy atom. The number of nitrogens with zero attached hydrogens (tertiary/aromatic N) is 3. The lowest BCUT2D eigenvalue weighted by Gasteiger charge is -2.00. The summed E-state index contributed by atoms with van der Waals surface area (Å²) in [4.78, 5) is 12.4. The molecule has 0 radical (unpaired) electrons. The van der Waals surface area contributed by atoms with E-state index in [0.717, 1.165) is 5.56 Å². The highest BCUT2D eigenvalue weighted by Gasteiger charge is 2.03. The van der Waals surface area contributed by atoms with E-state index in [4.69, 9.17) is 11.6 Å². The molecule has 0 aliphatic rings. The molecule has 14 heavy (non-hydrogen) atoms. The normalized spacial score (nSPS) is 10.1. The van der Waals surface area contributed by atoms with Crippen LogP contribution in [0, 0.1) is 6.92 Å². The van der Waals surface area contributed by atoms with Gasteiger partial charge in [-0.05, 0) is 24.6 Å². The molecule has 0 saturated carbocycles. The Hall–Kier alpha value is -1.48. The molecular weight excluding hydrogens is 198 g/mol. The Morgan fingerprint density at radius 2 is 1.86 bits per heavy atom. The third-order valence-corrected chi connectivity index (χ3v) is 2.24. The molecule has 2 heterocycles. The van der Waals surface area contributed by atoms with Crippen LogP contribution in [0.15, 0.2) is 30.7 Å². The van der Waals surface area contributed by atoms with Crippen molar-refractivity contribution >= 4 is 11.6 Å². The van der Waals surface area contributed by atoms with Crippen LogP contribution in [0.1, 0.15) is 5.56 Å². The van der Waals surface area contributed by atoms with E-state index in [-0.39, 0.29) is 0 Å². The lowest BCUT2D eigenvalue weighted by atomic mass is 10.2. The molecule has 0 bridgehead atoms. The summed E-state index contributed by atoms with van der Waals surface area (Å²) >= 11 is 5.97. The molecule has 0 saturated heterocycles. The van der Waals surface area contributed by atoms with Crippen LogP contribution in [0.5, 0.6) is 0 Å². The number of hydrogen-bond acceptors (Lipinski definition) is 3. The zero-order valence-corrected chi connectivity index (χ0v) is 8.36. The summed E-state index contributed by atoms with van der Waals surface area (Å²) in [6.07, 6.45) is 5.07. The SMILES string of the molecule is Cc1cnc(-c2ncccn2)cc1Cl. The standard InChI is InChI=1S/C10H8ClN3/c1-7-6-14-9(5-8(7)11)10-12-3-2-4-13-10/h2-6H,1H3. The highest BCUT2D eigenvalue weighted by atomic mass is 35.5. The smallest absolute Gasteiger partial charge is 0.178 e. The molecule has 2 aromatic rings.